The molecule has 0 fully saturated rings. The molecule has 8 nitrogen and oxygen atoms in total. The maximum absolute atomic E-state index is 12.4. The van der Waals surface area contributed by atoms with Crippen molar-refractivity contribution in [2.75, 3.05) is 20.3 Å². The molecule has 0 bridgehead atoms. The summed E-state index contributed by atoms with van der Waals surface area (Å²) >= 11 is 0. The van der Waals surface area contributed by atoms with Gasteiger partial charge in [0.05, 0.1) is 31.7 Å². The van der Waals surface area contributed by atoms with E-state index >= 15 is 0 Å². The SMILES string of the molecule is COc1ccc(-c2cc(C(=O)NCCc3nn(C)c4c3COCC4)[nH]n2)cc1. The average Bonchev–Trinajstić information content (AvgIpc) is 3.34. The Hall–Kier alpha value is -3.13. The van der Waals surface area contributed by atoms with E-state index in [0.717, 1.165) is 35.6 Å². The van der Waals surface area contributed by atoms with E-state index in [0.29, 0.717) is 31.0 Å². The minimum absolute atomic E-state index is 0.187. The number of carbonyl (C=O) groups is 1. The Morgan fingerprint density at radius 1 is 1.36 bits per heavy atom. The first kappa shape index (κ1) is 18.2. The number of amides is 1. The van der Waals surface area contributed by atoms with Crippen LogP contribution in [0.3, 0.4) is 0 Å². The van der Waals surface area contributed by atoms with Crippen LogP contribution in [0.4, 0.5) is 0 Å². The molecule has 1 aliphatic heterocycles. The zero-order chi connectivity index (χ0) is 19.5. The van der Waals surface area contributed by atoms with Crippen molar-refractivity contribution in [3.05, 3.63) is 53.0 Å². The van der Waals surface area contributed by atoms with Crippen LogP contribution in [0.2, 0.25) is 0 Å². The van der Waals surface area contributed by atoms with E-state index in [9.17, 15) is 4.79 Å². The lowest BCUT2D eigenvalue weighted by molar-refractivity contribution is 0.0949. The lowest BCUT2D eigenvalue weighted by Crippen LogP contribution is -2.26. The molecule has 2 N–H and O–H groups in total. The molecular weight excluding hydrogens is 358 g/mol. The quantitative estimate of drug-likeness (QED) is 0.680. The van der Waals surface area contributed by atoms with E-state index in [-0.39, 0.29) is 5.91 Å². The molecule has 1 amide bonds. The Kier molecular flexibility index (Phi) is 5.12. The predicted molar refractivity (Wildman–Crippen MR) is 103 cm³/mol. The number of aromatic nitrogens is 4. The smallest absolute Gasteiger partial charge is 0.269 e. The predicted octanol–water partition coefficient (Wildman–Crippen LogP) is 1.86. The van der Waals surface area contributed by atoms with E-state index in [2.05, 4.69) is 20.6 Å². The molecule has 0 saturated carbocycles. The molecule has 0 radical (unpaired) electrons. The van der Waals surface area contributed by atoms with Crippen LogP contribution < -0.4 is 10.1 Å². The Bertz CT molecular complexity index is 974. The Labute approximate surface area is 162 Å². The Balaban J connectivity index is 1.36. The second-order valence-electron chi connectivity index (χ2n) is 6.70. The van der Waals surface area contributed by atoms with E-state index in [1.165, 1.54) is 5.69 Å². The first-order valence-corrected chi connectivity index (χ1v) is 9.25. The fourth-order valence-corrected chi connectivity index (χ4v) is 3.42. The summed E-state index contributed by atoms with van der Waals surface area (Å²) in [5.74, 6) is 0.590. The first-order valence-electron chi connectivity index (χ1n) is 9.25. The lowest BCUT2D eigenvalue weighted by Gasteiger charge is -2.13. The zero-order valence-electron chi connectivity index (χ0n) is 16.0. The lowest BCUT2D eigenvalue weighted by atomic mass is 10.1. The number of rotatable bonds is 6. The molecule has 0 spiro atoms. The van der Waals surface area contributed by atoms with E-state index in [1.54, 1.807) is 13.2 Å². The number of nitrogens with zero attached hydrogens (tertiary/aromatic N) is 3. The van der Waals surface area contributed by atoms with Gasteiger partial charge in [0.25, 0.3) is 5.91 Å². The van der Waals surface area contributed by atoms with E-state index in [1.807, 2.05) is 36.0 Å². The molecule has 1 aliphatic rings. The van der Waals surface area contributed by atoms with Crippen LogP contribution in [-0.4, -0.2) is 46.1 Å². The van der Waals surface area contributed by atoms with Crippen LogP contribution in [0, 0.1) is 0 Å². The van der Waals surface area contributed by atoms with Crippen molar-refractivity contribution in [1.82, 2.24) is 25.3 Å². The molecule has 8 heteroatoms. The number of carbonyl (C=O) groups excluding carboxylic acids is 1. The second kappa shape index (κ2) is 7.85. The van der Waals surface area contributed by atoms with Gasteiger partial charge in [0, 0.05) is 43.3 Å². The van der Waals surface area contributed by atoms with Crippen LogP contribution in [0.15, 0.2) is 30.3 Å². The fraction of sp³-hybridized carbons (Fsp3) is 0.350. The van der Waals surface area contributed by atoms with Crippen LogP contribution in [0.1, 0.15) is 27.4 Å². The molecule has 3 heterocycles. The van der Waals surface area contributed by atoms with Gasteiger partial charge in [0.15, 0.2) is 0 Å². The number of H-pyrrole nitrogens is 1. The van der Waals surface area contributed by atoms with Crippen LogP contribution in [-0.2, 0) is 31.2 Å². The summed E-state index contributed by atoms with van der Waals surface area (Å²) in [6.45, 7) is 1.83. The van der Waals surface area contributed by atoms with Crippen molar-refractivity contribution >= 4 is 5.91 Å². The molecule has 2 aromatic heterocycles. The topological polar surface area (TPSA) is 94.1 Å². The first-order chi connectivity index (χ1) is 13.7. The third-order valence-electron chi connectivity index (χ3n) is 4.94. The number of ether oxygens (including phenoxy) is 2. The minimum atomic E-state index is -0.187. The molecule has 4 rings (SSSR count). The Morgan fingerprint density at radius 3 is 2.96 bits per heavy atom. The van der Waals surface area contributed by atoms with Gasteiger partial charge in [-0.15, -0.1) is 0 Å². The minimum Gasteiger partial charge on any atom is -0.497 e. The standard InChI is InChI=1S/C20H23N5O3/c1-25-19-8-10-28-12-15(19)16(24-25)7-9-21-20(26)18-11-17(22-23-18)13-3-5-14(27-2)6-4-13/h3-6,11H,7-10,12H2,1-2H3,(H,21,26)(H,22,23). The molecule has 0 saturated heterocycles. The summed E-state index contributed by atoms with van der Waals surface area (Å²) in [6.07, 6.45) is 1.55. The summed E-state index contributed by atoms with van der Waals surface area (Å²) in [7, 11) is 3.58. The van der Waals surface area contributed by atoms with Crippen molar-refractivity contribution in [3.63, 3.8) is 0 Å². The van der Waals surface area contributed by atoms with Gasteiger partial charge in [-0.3, -0.25) is 14.6 Å². The van der Waals surface area contributed by atoms with Gasteiger partial charge in [0.2, 0.25) is 0 Å². The van der Waals surface area contributed by atoms with Crippen molar-refractivity contribution in [2.24, 2.45) is 7.05 Å². The number of hydrogen-bond donors (Lipinski definition) is 2. The average molecular weight is 381 g/mol. The van der Waals surface area contributed by atoms with Gasteiger partial charge in [0.1, 0.15) is 11.4 Å². The molecule has 0 unspecified atom stereocenters. The van der Waals surface area contributed by atoms with Gasteiger partial charge in [-0.25, -0.2) is 0 Å². The monoisotopic (exact) mass is 381 g/mol. The van der Waals surface area contributed by atoms with Crippen molar-refractivity contribution in [2.45, 2.75) is 19.4 Å². The molecule has 0 aliphatic carbocycles. The number of benzene rings is 1. The number of aryl methyl sites for hydroxylation is 1. The van der Waals surface area contributed by atoms with Crippen molar-refractivity contribution in [3.8, 4) is 17.0 Å². The fourth-order valence-electron chi connectivity index (χ4n) is 3.42. The number of hydrogen-bond acceptors (Lipinski definition) is 5. The van der Waals surface area contributed by atoms with Crippen LogP contribution in [0.25, 0.3) is 11.3 Å². The van der Waals surface area contributed by atoms with E-state index < -0.39 is 0 Å². The number of methoxy groups -OCH3 is 1. The highest BCUT2D eigenvalue weighted by atomic mass is 16.5. The van der Waals surface area contributed by atoms with Gasteiger partial charge in [-0.05, 0) is 30.3 Å². The van der Waals surface area contributed by atoms with Crippen molar-refractivity contribution < 1.29 is 14.3 Å². The summed E-state index contributed by atoms with van der Waals surface area (Å²) in [5.41, 5.74) is 5.43. The van der Waals surface area contributed by atoms with Gasteiger partial charge < -0.3 is 14.8 Å². The van der Waals surface area contributed by atoms with Crippen LogP contribution in [0.5, 0.6) is 5.75 Å². The maximum atomic E-state index is 12.4. The molecule has 28 heavy (non-hydrogen) atoms. The molecular formula is C20H23N5O3. The summed E-state index contributed by atoms with van der Waals surface area (Å²) in [6, 6.07) is 9.28. The summed E-state index contributed by atoms with van der Waals surface area (Å²) < 4.78 is 12.6. The van der Waals surface area contributed by atoms with Crippen molar-refractivity contribution in [1.29, 1.82) is 0 Å². The zero-order valence-corrected chi connectivity index (χ0v) is 16.0. The van der Waals surface area contributed by atoms with Gasteiger partial charge in [-0.2, -0.15) is 10.2 Å². The highest BCUT2D eigenvalue weighted by molar-refractivity contribution is 5.93. The number of nitrogens with one attached hydrogen (secondary N) is 2. The molecule has 146 valence electrons. The normalized spacial score (nSPS) is 13.2. The number of aromatic amines is 1. The second-order valence-corrected chi connectivity index (χ2v) is 6.70. The van der Waals surface area contributed by atoms with Gasteiger partial charge in [-0.1, -0.05) is 0 Å². The Morgan fingerprint density at radius 2 is 2.18 bits per heavy atom. The molecule has 0 atom stereocenters. The highest BCUT2D eigenvalue weighted by Gasteiger charge is 2.19. The van der Waals surface area contributed by atoms with Gasteiger partial charge >= 0.3 is 0 Å². The van der Waals surface area contributed by atoms with Crippen LogP contribution >= 0.6 is 0 Å². The summed E-state index contributed by atoms with van der Waals surface area (Å²) in [5, 5.41) is 14.5. The third kappa shape index (κ3) is 3.63. The number of fused-ring (bicyclic) bond motifs is 1. The maximum Gasteiger partial charge on any atom is 0.269 e. The third-order valence-corrected chi connectivity index (χ3v) is 4.94. The van der Waals surface area contributed by atoms with E-state index in [4.69, 9.17) is 9.47 Å². The molecule has 1 aromatic carbocycles. The molecule has 3 aromatic rings. The largest absolute Gasteiger partial charge is 0.497 e. The highest BCUT2D eigenvalue weighted by Crippen LogP contribution is 2.22. The summed E-state index contributed by atoms with van der Waals surface area (Å²) in [4.78, 5) is 12.4.